The number of fused-ring (bicyclic) bond motifs is 1. The molecule has 106 valence electrons. The topological polar surface area (TPSA) is 72.5 Å². The number of nitrogens with one attached hydrogen (secondary N) is 1. The summed E-state index contributed by atoms with van der Waals surface area (Å²) >= 11 is 0. The van der Waals surface area contributed by atoms with E-state index in [1.807, 2.05) is 0 Å². The number of amides is 1. The van der Waals surface area contributed by atoms with Crippen LogP contribution in [-0.4, -0.2) is 52.5 Å². The van der Waals surface area contributed by atoms with Gasteiger partial charge in [-0.3, -0.25) is 5.10 Å². The Morgan fingerprint density at radius 2 is 2.10 bits per heavy atom. The third-order valence-electron chi connectivity index (χ3n) is 3.89. The molecule has 0 saturated carbocycles. The molecule has 0 bridgehead atoms. The number of aryl methyl sites for hydroxylation is 1. The van der Waals surface area contributed by atoms with Crippen molar-refractivity contribution in [1.82, 2.24) is 15.1 Å². The number of hydrogen-bond donors (Lipinski definition) is 2. The second kappa shape index (κ2) is 5.03. The number of anilines is 1. The molecular formula is C14H18N4O2. The van der Waals surface area contributed by atoms with Crippen LogP contribution in [-0.2, 0) is 6.42 Å². The minimum atomic E-state index is -0.833. The molecule has 0 atom stereocenters. The molecule has 0 unspecified atom stereocenters. The maximum atomic E-state index is 10.9. The Morgan fingerprint density at radius 3 is 2.75 bits per heavy atom. The van der Waals surface area contributed by atoms with Crippen molar-refractivity contribution >= 4 is 22.7 Å². The summed E-state index contributed by atoms with van der Waals surface area (Å²) in [5.74, 6) is 0. The van der Waals surface area contributed by atoms with E-state index in [1.165, 1.54) is 10.3 Å². The molecule has 0 aliphatic carbocycles. The fourth-order valence-corrected chi connectivity index (χ4v) is 2.68. The van der Waals surface area contributed by atoms with Gasteiger partial charge in [0.2, 0.25) is 0 Å². The lowest BCUT2D eigenvalue weighted by Crippen LogP contribution is -2.48. The number of rotatable bonds is 2. The fraction of sp³-hybridized carbons (Fsp3) is 0.429. The van der Waals surface area contributed by atoms with Gasteiger partial charge in [-0.05, 0) is 24.6 Å². The smallest absolute Gasteiger partial charge is 0.407 e. The van der Waals surface area contributed by atoms with E-state index >= 15 is 0 Å². The Hall–Kier alpha value is -2.24. The van der Waals surface area contributed by atoms with Gasteiger partial charge in [0.1, 0.15) is 0 Å². The number of nitrogens with zero attached hydrogens (tertiary/aromatic N) is 3. The van der Waals surface area contributed by atoms with Crippen LogP contribution in [0, 0.1) is 0 Å². The van der Waals surface area contributed by atoms with Gasteiger partial charge in [-0.25, -0.2) is 4.79 Å². The van der Waals surface area contributed by atoms with Crippen molar-refractivity contribution in [2.75, 3.05) is 31.1 Å². The van der Waals surface area contributed by atoms with E-state index in [1.54, 1.807) is 0 Å². The standard InChI is InChI=1S/C14H18N4O2/c1-2-12-11-4-3-10(9-13(11)16-15-12)17-5-7-18(8-6-17)14(19)20/h3-4,9H,2,5-8H2,1H3,(H,15,16)(H,19,20). The van der Waals surface area contributed by atoms with Gasteiger partial charge in [0.25, 0.3) is 0 Å². The average Bonchev–Trinajstić information content (AvgIpc) is 2.89. The summed E-state index contributed by atoms with van der Waals surface area (Å²) in [5, 5.41) is 17.5. The van der Waals surface area contributed by atoms with Crippen LogP contribution in [0.1, 0.15) is 12.6 Å². The first-order valence-corrected chi connectivity index (χ1v) is 6.89. The highest BCUT2D eigenvalue weighted by atomic mass is 16.4. The number of benzene rings is 1. The van der Waals surface area contributed by atoms with Gasteiger partial charge in [-0.2, -0.15) is 5.10 Å². The SMILES string of the molecule is CCc1[nH]nc2cc(N3CCN(C(=O)O)CC3)ccc12. The molecule has 1 aliphatic heterocycles. The van der Waals surface area contributed by atoms with Crippen molar-refractivity contribution in [3.8, 4) is 0 Å². The van der Waals surface area contributed by atoms with Crippen molar-refractivity contribution in [3.05, 3.63) is 23.9 Å². The van der Waals surface area contributed by atoms with Crippen molar-refractivity contribution < 1.29 is 9.90 Å². The molecule has 1 aromatic carbocycles. The molecular weight excluding hydrogens is 256 g/mol. The summed E-state index contributed by atoms with van der Waals surface area (Å²) < 4.78 is 0. The Bertz CT molecular complexity index is 629. The molecule has 1 amide bonds. The number of H-pyrrole nitrogens is 1. The number of aromatic amines is 1. The van der Waals surface area contributed by atoms with Gasteiger partial charge in [0.05, 0.1) is 5.52 Å². The lowest BCUT2D eigenvalue weighted by molar-refractivity contribution is 0.142. The number of piperazine rings is 1. The number of carboxylic acid groups (broad SMARTS) is 1. The first kappa shape index (κ1) is 12.8. The van der Waals surface area contributed by atoms with Crippen LogP contribution in [0.15, 0.2) is 18.2 Å². The predicted molar refractivity (Wildman–Crippen MR) is 77.3 cm³/mol. The molecule has 1 aromatic heterocycles. The minimum absolute atomic E-state index is 0.550. The van der Waals surface area contributed by atoms with Crippen molar-refractivity contribution in [1.29, 1.82) is 0 Å². The summed E-state index contributed by atoms with van der Waals surface area (Å²) in [6.45, 7) is 4.65. The van der Waals surface area contributed by atoms with Gasteiger partial charge >= 0.3 is 6.09 Å². The summed E-state index contributed by atoms with van der Waals surface area (Å²) in [6, 6.07) is 6.26. The predicted octanol–water partition coefficient (Wildman–Crippen LogP) is 1.93. The maximum absolute atomic E-state index is 10.9. The molecule has 0 radical (unpaired) electrons. The molecule has 2 heterocycles. The third-order valence-corrected chi connectivity index (χ3v) is 3.89. The van der Waals surface area contributed by atoms with Crippen molar-refractivity contribution in [2.24, 2.45) is 0 Å². The van der Waals surface area contributed by atoms with Gasteiger partial charge in [-0.1, -0.05) is 6.92 Å². The number of aromatic nitrogens is 2. The second-order valence-corrected chi connectivity index (χ2v) is 5.01. The van der Waals surface area contributed by atoms with Crippen molar-refractivity contribution in [2.45, 2.75) is 13.3 Å². The number of hydrogen-bond acceptors (Lipinski definition) is 3. The summed E-state index contributed by atoms with van der Waals surface area (Å²) in [7, 11) is 0. The van der Waals surface area contributed by atoms with Gasteiger partial charge < -0.3 is 14.9 Å². The first-order chi connectivity index (χ1) is 9.69. The van der Waals surface area contributed by atoms with Crippen LogP contribution in [0.2, 0.25) is 0 Å². The Balaban J connectivity index is 1.80. The monoisotopic (exact) mass is 274 g/mol. The zero-order valence-electron chi connectivity index (χ0n) is 11.5. The summed E-state index contributed by atoms with van der Waals surface area (Å²) in [6.07, 6.45) is 0.104. The Morgan fingerprint density at radius 1 is 1.35 bits per heavy atom. The van der Waals surface area contributed by atoms with Crippen LogP contribution in [0.4, 0.5) is 10.5 Å². The molecule has 6 heteroatoms. The highest BCUT2D eigenvalue weighted by molar-refractivity contribution is 5.84. The van der Waals surface area contributed by atoms with Crippen molar-refractivity contribution in [3.63, 3.8) is 0 Å². The fourth-order valence-electron chi connectivity index (χ4n) is 2.68. The quantitative estimate of drug-likeness (QED) is 0.877. The van der Waals surface area contributed by atoms with Gasteiger partial charge in [0.15, 0.2) is 0 Å². The molecule has 1 saturated heterocycles. The summed E-state index contributed by atoms with van der Waals surface area (Å²) in [4.78, 5) is 14.6. The third kappa shape index (κ3) is 2.17. The molecule has 1 fully saturated rings. The first-order valence-electron chi connectivity index (χ1n) is 6.89. The largest absolute Gasteiger partial charge is 0.465 e. The zero-order valence-corrected chi connectivity index (χ0v) is 11.5. The molecule has 6 nitrogen and oxygen atoms in total. The van der Waals surface area contributed by atoms with Crippen LogP contribution >= 0.6 is 0 Å². The Labute approximate surface area is 117 Å². The molecule has 1 aliphatic rings. The Kier molecular flexibility index (Phi) is 3.22. The highest BCUT2D eigenvalue weighted by Gasteiger charge is 2.20. The van der Waals surface area contributed by atoms with E-state index < -0.39 is 6.09 Å². The molecule has 3 rings (SSSR count). The van der Waals surface area contributed by atoms with E-state index in [0.717, 1.165) is 36.4 Å². The lowest BCUT2D eigenvalue weighted by Gasteiger charge is -2.34. The minimum Gasteiger partial charge on any atom is -0.465 e. The molecule has 20 heavy (non-hydrogen) atoms. The van der Waals surface area contributed by atoms with E-state index in [4.69, 9.17) is 5.11 Å². The van der Waals surface area contributed by atoms with Gasteiger partial charge in [-0.15, -0.1) is 0 Å². The van der Waals surface area contributed by atoms with Crippen LogP contribution in [0.5, 0.6) is 0 Å². The van der Waals surface area contributed by atoms with Crippen LogP contribution < -0.4 is 4.90 Å². The highest BCUT2D eigenvalue weighted by Crippen LogP contribution is 2.24. The average molecular weight is 274 g/mol. The summed E-state index contributed by atoms with van der Waals surface area (Å²) in [5.41, 5.74) is 3.24. The number of carbonyl (C=O) groups is 1. The second-order valence-electron chi connectivity index (χ2n) is 5.01. The zero-order chi connectivity index (χ0) is 14.1. The molecule has 2 N–H and O–H groups in total. The van der Waals surface area contributed by atoms with Gasteiger partial charge in [0, 0.05) is 42.9 Å². The normalized spacial score (nSPS) is 15.8. The lowest BCUT2D eigenvalue weighted by atomic mass is 10.1. The van der Waals surface area contributed by atoms with E-state index in [-0.39, 0.29) is 0 Å². The van der Waals surface area contributed by atoms with E-state index in [2.05, 4.69) is 40.2 Å². The van der Waals surface area contributed by atoms with Crippen LogP contribution in [0.25, 0.3) is 10.9 Å². The molecule has 2 aromatic rings. The van der Waals surface area contributed by atoms with E-state index in [0.29, 0.717) is 13.1 Å². The molecule has 0 spiro atoms. The maximum Gasteiger partial charge on any atom is 0.407 e. The van der Waals surface area contributed by atoms with Crippen LogP contribution in [0.3, 0.4) is 0 Å². The van der Waals surface area contributed by atoms with E-state index in [9.17, 15) is 4.79 Å².